The van der Waals surface area contributed by atoms with Crippen molar-refractivity contribution in [2.24, 2.45) is 0 Å². The molecule has 0 radical (unpaired) electrons. The average Bonchev–Trinajstić information content (AvgIpc) is 2.48. The van der Waals surface area contributed by atoms with Gasteiger partial charge in [0.1, 0.15) is 11.6 Å². The van der Waals surface area contributed by atoms with E-state index in [1.807, 2.05) is 31.2 Å². The smallest absolute Gasteiger partial charge is 0.146 e. The molecule has 0 atom stereocenters. The van der Waals surface area contributed by atoms with Crippen LogP contribution in [0.1, 0.15) is 18.9 Å². The van der Waals surface area contributed by atoms with Crippen molar-refractivity contribution in [3.63, 3.8) is 0 Å². The minimum Gasteiger partial charge on any atom is -0.492 e. The summed E-state index contributed by atoms with van der Waals surface area (Å²) < 4.78 is 18.8. The number of halogens is 1. The van der Waals surface area contributed by atoms with Crippen molar-refractivity contribution in [1.29, 1.82) is 0 Å². The summed E-state index contributed by atoms with van der Waals surface area (Å²) in [7, 11) is 0. The van der Waals surface area contributed by atoms with Crippen LogP contribution in [0.2, 0.25) is 0 Å². The van der Waals surface area contributed by atoms with E-state index < -0.39 is 0 Å². The highest BCUT2D eigenvalue weighted by atomic mass is 19.1. The van der Waals surface area contributed by atoms with E-state index in [0.717, 1.165) is 24.2 Å². The van der Waals surface area contributed by atoms with Gasteiger partial charge in [-0.2, -0.15) is 0 Å². The highest BCUT2D eigenvalue weighted by Crippen LogP contribution is 2.23. The second-order valence-corrected chi connectivity index (χ2v) is 4.82. The molecule has 0 saturated heterocycles. The number of ether oxygens (including phenoxy) is 1. The molecule has 3 N–H and O–H groups in total. The Morgan fingerprint density at radius 3 is 2.71 bits per heavy atom. The van der Waals surface area contributed by atoms with Gasteiger partial charge in [0.15, 0.2) is 0 Å². The Balaban J connectivity index is 1.81. The van der Waals surface area contributed by atoms with Gasteiger partial charge in [-0.3, -0.25) is 0 Å². The van der Waals surface area contributed by atoms with Crippen LogP contribution in [-0.2, 0) is 6.42 Å². The number of anilines is 2. The van der Waals surface area contributed by atoms with Crippen LogP contribution in [0.3, 0.4) is 0 Å². The zero-order valence-corrected chi connectivity index (χ0v) is 12.2. The summed E-state index contributed by atoms with van der Waals surface area (Å²) in [6.45, 7) is 3.26. The first-order valence-corrected chi connectivity index (χ1v) is 7.20. The monoisotopic (exact) mass is 288 g/mol. The molecule has 2 rings (SSSR count). The molecule has 0 aromatic heterocycles. The third-order valence-corrected chi connectivity index (χ3v) is 3.21. The lowest BCUT2D eigenvalue weighted by molar-refractivity contribution is 0.342. The van der Waals surface area contributed by atoms with E-state index in [0.29, 0.717) is 24.5 Å². The molecule has 0 heterocycles. The lowest BCUT2D eigenvalue weighted by Crippen LogP contribution is -2.05. The molecule has 112 valence electrons. The molecule has 3 nitrogen and oxygen atoms in total. The Kier molecular flexibility index (Phi) is 5.43. The van der Waals surface area contributed by atoms with E-state index in [-0.39, 0.29) is 5.82 Å². The summed E-state index contributed by atoms with van der Waals surface area (Å²) in [5.74, 6) is 0.508. The van der Waals surface area contributed by atoms with Gasteiger partial charge in [0.25, 0.3) is 0 Å². The van der Waals surface area contributed by atoms with E-state index >= 15 is 0 Å². The maximum absolute atomic E-state index is 13.4. The third kappa shape index (κ3) is 4.38. The van der Waals surface area contributed by atoms with Gasteiger partial charge in [0.2, 0.25) is 0 Å². The molecule has 4 heteroatoms. The fourth-order valence-electron chi connectivity index (χ4n) is 2.16. The average molecular weight is 288 g/mol. The van der Waals surface area contributed by atoms with Crippen LogP contribution >= 0.6 is 0 Å². The van der Waals surface area contributed by atoms with Crippen LogP contribution in [-0.4, -0.2) is 13.2 Å². The number of rotatable bonds is 7. The number of nitrogen functional groups attached to an aromatic ring is 1. The van der Waals surface area contributed by atoms with Crippen molar-refractivity contribution in [2.45, 2.75) is 19.8 Å². The van der Waals surface area contributed by atoms with Crippen LogP contribution in [0.15, 0.2) is 42.5 Å². The molecule has 0 amide bonds. The largest absolute Gasteiger partial charge is 0.492 e. The van der Waals surface area contributed by atoms with Crippen molar-refractivity contribution >= 4 is 11.4 Å². The molecule has 21 heavy (non-hydrogen) atoms. The maximum atomic E-state index is 13.4. The summed E-state index contributed by atoms with van der Waals surface area (Å²) in [4.78, 5) is 0. The van der Waals surface area contributed by atoms with E-state index in [4.69, 9.17) is 10.5 Å². The molecule has 0 aliphatic carbocycles. The molecular formula is C17H21FN2O. The second kappa shape index (κ2) is 7.53. The predicted molar refractivity (Wildman–Crippen MR) is 85.2 cm³/mol. The Labute approximate surface area is 124 Å². The van der Waals surface area contributed by atoms with Gasteiger partial charge in [0.05, 0.1) is 18.0 Å². The number of benzene rings is 2. The summed E-state index contributed by atoms with van der Waals surface area (Å²) >= 11 is 0. The van der Waals surface area contributed by atoms with Crippen LogP contribution in [0.5, 0.6) is 5.75 Å². The number of nitrogens with one attached hydrogen (secondary N) is 1. The summed E-state index contributed by atoms with van der Waals surface area (Å²) in [6, 6.07) is 12.6. The molecule has 0 fully saturated rings. The highest BCUT2D eigenvalue weighted by Gasteiger charge is 2.02. The maximum Gasteiger partial charge on any atom is 0.146 e. The zero-order valence-electron chi connectivity index (χ0n) is 12.2. The Hall–Kier alpha value is -2.23. The van der Waals surface area contributed by atoms with Crippen LogP contribution in [0.25, 0.3) is 0 Å². The van der Waals surface area contributed by atoms with Gasteiger partial charge in [-0.1, -0.05) is 18.2 Å². The number of hydrogen-bond donors (Lipinski definition) is 2. The molecule has 0 unspecified atom stereocenters. The first kappa shape index (κ1) is 15.2. The molecule has 2 aromatic rings. The summed E-state index contributed by atoms with van der Waals surface area (Å²) in [6.07, 6.45) is 1.79. The number of aryl methyl sites for hydroxylation is 1. The molecule has 0 bridgehead atoms. The number of hydrogen-bond acceptors (Lipinski definition) is 3. The van der Waals surface area contributed by atoms with Gasteiger partial charge in [-0.15, -0.1) is 0 Å². The Bertz CT molecular complexity index is 587. The van der Waals surface area contributed by atoms with E-state index in [1.54, 1.807) is 12.1 Å². The zero-order chi connectivity index (χ0) is 15.1. The van der Waals surface area contributed by atoms with Crippen LogP contribution in [0, 0.1) is 5.82 Å². The van der Waals surface area contributed by atoms with E-state index in [2.05, 4.69) is 5.32 Å². The molecule has 0 saturated carbocycles. The van der Waals surface area contributed by atoms with Crippen molar-refractivity contribution in [3.8, 4) is 5.75 Å². The summed E-state index contributed by atoms with van der Waals surface area (Å²) in [5, 5.41) is 3.10. The van der Waals surface area contributed by atoms with Gasteiger partial charge >= 0.3 is 0 Å². The normalized spacial score (nSPS) is 10.4. The van der Waals surface area contributed by atoms with Gasteiger partial charge < -0.3 is 15.8 Å². The van der Waals surface area contributed by atoms with Crippen molar-refractivity contribution in [3.05, 3.63) is 53.8 Å². The first-order valence-electron chi connectivity index (χ1n) is 7.20. The molecular weight excluding hydrogens is 267 g/mol. The van der Waals surface area contributed by atoms with Crippen molar-refractivity contribution in [1.82, 2.24) is 0 Å². The predicted octanol–water partition coefficient (Wildman–Crippen LogP) is 3.85. The fourth-order valence-corrected chi connectivity index (χ4v) is 2.16. The topological polar surface area (TPSA) is 47.3 Å². The minimum atomic E-state index is -0.220. The summed E-state index contributed by atoms with van der Waals surface area (Å²) in [5.41, 5.74) is 8.30. The van der Waals surface area contributed by atoms with Crippen molar-refractivity contribution < 1.29 is 9.13 Å². The molecule has 2 aromatic carbocycles. The fraction of sp³-hybridized carbons (Fsp3) is 0.294. The number of para-hydroxylation sites is 1. The Morgan fingerprint density at radius 2 is 2.00 bits per heavy atom. The number of nitrogens with two attached hydrogens (primary N) is 1. The van der Waals surface area contributed by atoms with E-state index in [1.165, 1.54) is 6.07 Å². The third-order valence-electron chi connectivity index (χ3n) is 3.21. The van der Waals surface area contributed by atoms with Gasteiger partial charge in [0, 0.05) is 6.54 Å². The lowest BCUT2D eigenvalue weighted by atomic mass is 10.1. The minimum absolute atomic E-state index is 0.220. The Morgan fingerprint density at radius 1 is 1.19 bits per heavy atom. The van der Waals surface area contributed by atoms with Crippen LogP contribution < -0.4 is 15.8 Å². The molecule has 0 aliphatic rings. The van der Waals surface area contributed by atoms with Crippen molar-refractivity contribution in [2.75, 3.05) is 24.2 Å². The quantitative estimate of drug-likeness (QED) is 0.601. The van der Waals surface area contributed by atoms with Gasteiger partial charge in [-0.05, 0) is 49.6 Å². The molecule has 0 aliphatic heterocycles. The lowest BCUT2D eigenvalue weighted by Gasteiger charge is -2.10. The van der Waals surface area contributed by atoms with Gasteiger partial charge in [-0.25, -0.2) is 4.39 Å². The highest BCUT2D eigenvalue weighted by molar-refractivity contribution is 5.54. The standard InChI is InChI=1S/C17H21FN2O/c1-2-21-17-10-9-13(12-15(17)19)6-5-11-20-16-8-4-3-7-14(16)18/h3-4,7-10,12,20H,2,5-6,11,19H2,1H3. The SMILES string of the molecule is CCOc1ccc(CCCNc2ccccc2F)cc1N. The second-order valence-electron chi connectivity index (χ2n) is 4.82. The first-order chi connectivity index (χ1) is 10.2. The molecule has 0 spiro atoms. The van der Waals surface area contributed by atoms with Crippen LogP contribution in [0.4, 0.5) is 15.8 Å². The van der Waals surface area contributed by atoms with E-state index in [9.17, 15) is 4.39 Å².